The van der Waals surface area contributed by atoms with E-state index in [4.69, 9.17) is 16.3 Å². The zero-order chi connectivity index (χ0) is 27.8. The molecule has 2 N–H and O–H groups in total. The van der Waals surface area contributed by atoms with Gasteiger partial charge in [-0.15, -0.1) is 0 Å². The van der Waals surface area contributed by atoms with Gasteiger partial charge in [0, 0.05) is 10.6 Å². The number of rotatable bonds is 7. The number of halogens is 2. The van der Waals surface area contributed by atoms with Crippen molar-refractivity contribution in [2.45, 2.75) is 28.8 Å². The Balaban J connectivity index is 1.35. The molecule has 0 saturated heterocycles. The first-order chi connectivity index (χ1) is 18.6. The predicted molar refractivity (Wildman–Crippen MR) is 155 cm³/mol. The summed E-state index contributed by atoms with van der Waals surface area (Å²) in [5.41, 5.74) is 3.37. The normalized spacial score (nSPS) is 15.0. The number of alkyl halides is 1. The van der Waals surface area contributed by atoms with E-state index in [0.29, 0.717) is 29.1 Å². The maximum absolute atomic E-state index is 12.9. The lowest BCUT2D eigenvalue weighted by atomic mass is 9.94. The van der Waals surface area contributed by atoms with E-state index in [9.17, 15) is 20.0 Å². The summed E-state index contributed by atoms with van der Waals surface area (Å²) < 4.78 is 6.06. The molecule has 0 unspecified atom stereocenters. The molecule has 5 rings (SSSR count). The van der Waals surface area contributed by atoms with E-state index in [0.717, 1.165) is 16.7 Å². The van der Waals surface area contributed by atoms with Gasteiger partial charge in [0.15, 0.2) is 9.43 Å². The lowest BCUT2D eigenvalue weighted by molar-refractivity contribution is -0.140. The van der Waals surface area contributed by atoms with E-state index in [1.165, 1.54) is 10.9 Å². The van der Waals surface area contributed by atoms with Gasteiger partial charge < -0.3 is 9.84 Å². The van der Waals surface area contributed by atoms with Gasteiger partial charge in [-0.25, -0.2) is 9.48 Å². The Morgan fingerprint density at radius 1 is 1.10 bits per heavy atom. The van der Waals surface area contributed by atoms with Gasteiger partial charge in [-0.1, -0.05) is 66.2 Å². The molecule has 3 aromatic carbocycles. The van der Waals surface area contributed by atoms with E-state index in [-0.39, 0.29) is 11.4 Å². The van der Waals surface area contributed by atoms with Crippen LogP contribution in [0.3, 0.4) is 0 Å². The van der Waals surface area contributed by atoms with Gasteiger partial charge in [0.1, 0.15) is 11.6 Å². The largest absolute Gasteiger partial charge is 0.481 e. The standard InChI is InChI=1S/C29H22ClIN4O4/c1-28(31,23-4-2-3-5-24(23)30)39-27(38)34-25-20(16-32)17-33-35(25)22-12-8-19(9-13-22)18-6-10-21(11-7-18)29(14-15-29)26(36)37/h2-13,17H,14-15H2,1H3,(H,34,38)(H,36,37)/t28-/m0/s1. The van der Waals surface area contributed by atoms with Crippen LogP contribution in [-0.4, -0.2) is 26.9 Å². The summed E-state index contributed by atoms with van der Waals surface area (Å²) in [6.45, 7) is 1.72. The van der Waals surface area contributed by atoms with E-state index < -0.39 is 21.1 Å². The highest BCUT2D eigenvalue weighted by atomic mass is 127. The van der Waals surface area contributed by atoms with E-state index in [2.05, 4.69) is 10.4 Å². The highest BCUT2D eigenvalue weighted by Crippen LogP contribution is 2.48. The number of carboxylic acids is 1. The summed E-state index contributed by atoms with van der Waals surface area (Å²) in [4.78, 5) is 24.5. The van der Waals surface area contributed by atoms with Crippen LogP contribution in [0.5, 0.6) is 0 Å². The molecule has 1 amide bonds. The third kappa shape index (κ3) is 5.22. The fourth-order valence-corrected chi connectivity index (χ4v) is 5.59. The van der Waals surface area contributed by atoms with Gasteiger partial charge in [-0.05, 0) is 77.2 Å². The number of nitrogens with one attached hydrogen (secondary N) is 1. The molecule has 1 aliphatic rings. The summed E-state index contributed by atoms with van der Waals surface area (Å²) >= 11 is 8.29. The number of benzene rings is 3. The second-order valence-corrected chi connectivity index (χ2v) is 11.8. The number of carboxylic acid groups (broad SMARTS) is 1. The van der Waals surface area contributed by atoms with Crippen LogP contribution < -0.4 is 5.32 Å². The topological polar surface area (TPSA) is 117 Å². The van der Waals surface area contributed by atoms with Crippen LogP contribution in [0.15, 0.2) is 79.0 Å². The Morgan fingerprint density at radius 3 is 2.28 bits per heavy atom. The van der Waals surface area contributed by atoms with Crippen LogP contribution in [0.2, 0.25) is 5.02 Å². The molecular weight excluding hydrogens is 631 g/mol. The minimum absolute atomic E-state index is 0.173. The zero-order valence-corrected chi connectivity index (χ0v) is 23.6. The molecule has 8 nitrogen and oxygen atoms in total. The Labute approximate surface area is 243 Å². The summed E-state index contributed by atoms with van der Waals surface area (Å²) in [7, 11) is 0. The molecule has 1 fully saturated rings. The molecule has 0 radical (unpaired) electrons. The van der Waals surface area contributed by atoms with Crippen molar-refractivity contribution in [2.75, 3.05) is 5.32 Å². The second kappa shape index (κ2) is 10.4. The summed E-state index contributed by atoms with van der Waals surface area (Å²) in [5.74, 6) is -0.606. The minimum Gasteiger partial charge on any atom is -0.481 e. The number of hydrogen-bond donors (Lipinski definition) is 2. The molecule has 0 spiro atoms. The van der Waals surface area contributed by atoms with Crippen molar-refractivity contribution in [3.63, 3.8) is 0 Å². The van der Waals surface area contributed by atoms with Crippen molar-refractivity contribution < 1.29 is 19.4 Å². The molecular formula is C29H22ClIN4O4. The van der Waals surface area contributed by atoms with Crippen LogP contribution in [-0.2, 0) is 18.6 Å². The zero-order valence-electron chi connectivity index (χ0n) is 20.7. The number of aromatic nitrogens is 2. The molecule has 39 heavy (non-hydrogen) atoms. The van der Waals surface area contributed by atoms with Crippen molar-refractivity contribution in [3.05, 3.63) is 101 Å². The van der Waals surface area contributed by atoms with Gasteiger partial charge in [0.2, 0.25) is 0 Å². The Morgan fingerprint density at radius 2 is 1.72 bits per heavy atom. The van der Waals surface area contributed by atoms with Crippen LogP contribution >= 0.6 is 34.2 Å². The fraction of sp³-hybridized carbons (Fsp3) is 0.172. The number of amides is 1. The lowest BCUT2D eigenvalue weighted by Crippen LogP contribution is -2.27. The monoisotopic (exact) mass is 652 g/mol. The van der Waals surface area contributed by atoms with Gasteiger partial charge in [-0.3, -0.25) is 10.1 Å². The van der Waals surface area contributed by atoms with Gasteiger partial charge >= 0.3 is 12.1 Å². The average molecular weight is 653 g/mol. The quantitative estimate of drug-likeness (QED) is 0.163. The molecule has 1 aromatic heterocycles. The second-order valence-electron chi connectivity index (χ2n) is 9.35. The van der Waals surface area contributed by atoms with Crippen molar-refractivity contribution >= 4 is 52.1 Å². The Hall–Kier alpha value is -3.88. The highest BCUT2D eigenvalue weighted by molar-refractivity contribution is 14.1. The van der Waals surface area contributed by atoms with E-state index in [1.807, 2.05) is 77.2 Å². The first-order valence-corrected chi connectivity index (χ1v) is 13.5. The van der Waals surface area contributed by atoms with Gasteiger partial charge in [-0.2, -0.15) is 10.4 Å². The number of ether oxygens (including phenoxy) is 1. The number of hydrogen-bond acceptors (Lipinski definition) is 5. The van der Waals surface area contributed by atoms with Crippen LogP contribution in [0, 0.1) is 11.3 Å². The molecule has 1 aliphatic carbocycles. The first kappa shape index (κ1) is 26.7. The average Bonchev–Trinajstić information content (AvgIpc) is 3.65. The molecule has 10 heteroatoms. The number of nitrogens with zero attached hydrogens (tertiary/aromatic N) is 3. The fourth-order valence-electron chi connectivity index (χ4n) is 4.45. The number of anilines is 1. The number of nitriles is 1. The maximum atomic E-state index is 12.9. The predicted octanol–water partition coefficient (Wildman–Crippen LogP) is 7.04. The van der Waals surface area contributed by atoms with Crippen LogP contribution in [0.1, 0.15) is 36.5 Å². The SMILES string of the molecule is C[C@](I)(OC(=O)Nc1c(C#N)cnn1-c1ccc(-c2ccc(C3(C(=O)O)CC3)cc2)cc1)c1ccccc1Cl. The summed E-state index contributed by atoms with van der Waals surface area (Å²) in [5, 5.41) is 26.5. The van der Waals surface area contributed by atoms with Gasteiger partial charge in [0.25, 0.3) is 0 Å². The van der Waals surface area contributed by atoms with Crippen LogP contribution in [0.4, 0.5) is 10.6 Å². The number of carbonyl (C=O) groups excluding carboxylic acids is 1. The minimum atomic E-state index is -1.06. The smallest absolute Gasteiger partial charge is 0.414 e. The molecule has 4 aromatic rings. The van der Waals surface area contributed by atoms with Crippen molar-refractivity contribution in [1.29, 1.82) is 5.26 Å². The molecule has 1 atom stereocenters. The highest BCUT2D eigenvalue weighted by Gasteiger charge is 2.51. The Kier molecular flexibility index (Phi) is 7.09. The lowest BCUT2D eigenvalue weighted by Gasteiger charge is -2.24. The molecule has 1 heterocycles. The summed E-state index contributed by atoms with van der Waals surface area (Å²) in [6.07, 6.45) is 1.92. The van der Waals surface area contributed by atoms with Crippen molar-refractivity contribution in [1.82, 2.24) is 9.78 Å². The molecule has 1 saturated carbocycles. The third-order valence-electron chi connectivity index (χ3n) is 6.79. The van der Waals surface area contributed by atoms with Crippen molar-refractivity contribution in [3.8, 4) is 22.9 Å². The first-order valence-electron chi connectivity index (χ1n) is 12.0. The number of carbonyl (C=O) groups is 2. The molecule has 0 aliphatic heterocycles. The molecule has 196 valence electrons. The van der Waals surface area contributed by atoms with Crippen LogP contribution in [0.25, 0.3) is 16.8 Å². The maximum Gasteiger partial charge on any atom is 0.414 e. The third-order valence-corrected chi connectivity index (χ3v) is 7.92. The van der Waals surface area contributed by atoms with Crippen molar-refractivity contribution in [2.24, 2.45) is 0 Å². The molecule has 0 bridgehead atoms. The Bertz CT molecular complexity index is 1600. The summed E-state index contributed by atoms with van der Waals surface area (Å²) in [6, 6.07) is 24.1. The van der Waals surface area contributed by atoms with Gasteiger partial charge in [0.05, 0.1) is 17.3 Å². The number of aliphatic carboxylic acids is 1. The van der Waals surface area contributed by atoms with E-state index in [1.54, 1.807) is 31.2 Å². The van der Waals surface area contributed by atoms with E-state index >= 15 is 0 Å².